The van der Waals surface area contributed by atoms with Gasteiger partial charge in [0.1, 0.15) is 4.90 Å². The molecule has 0 aliphatic rings. The van der Waals surface area contributed by atoms with Crippen LogP contribution in [-0.4, -0.2) is 23.7 Å². The minimum Gasteiger partial charge on any atom is -0.262 e. The van der Waals surface area contributed by atoms with Gasteiger partial charge in [0.05, 0.1) is 0 Å². The molecule has 0 N–H and O–H groups in total. The van der Waals surface area contributed by atoms with E-state index in [0.29, 0.717) is 11.0 Å². The number of hydrogen-bond donors (Lipinski definition) is 0. The number of aromatic nitrogens is 1. The SMILES string of the molecule is CC(C)N(Cc1cccs1)S(=O)(=O)c1cncc(Br)c1. The van der Waals surface area contributed by atoms with Crippen LogP contribution in [0.3, 0.4) is 0 Å². The second-order valence-corrected chi connectivity index (χ2v) is 8.40. The van der Waals surface area contributed by atoms with E-state index in [2.05, 4.69) is 20.9 Å². The van der Waals surface area contributed by atoms with Crippen molar-refractivity contribution in [2.24, 2.45) is 0 Å². The van der Waals surface area contributed by atoms with Crippen molar-refractivity contribution in [2.75, 3.05) is 0 Å². The largest absolute Gasteiger partial charge is 0.262 e. The van der Waals surface area contributed by atoms with E-state index in [-0.39, 0.29) is 10.9 Å². The average Bonchev–Trinajstić information content (AvgIpc) is 2.88. The summed E-state index contributed by atoms with van der Waals surface area (Å²) in [5.74, 6) is 0. The quantitative estimate of drug-likeness (QED) is 0.804. The highest BCUT2D eigenvalue weighted by Crippen LogP contribution is 2.24. The molecule has 0 unspecified atom stereocenters. The number of halogens is 1. The number of pyridine rings is 1. The number of hydrogen-bond acceptors (Lipinski definition) is 4. The van der Waals surface area contributed by atoms with Gasteiger partial charge in [-0.05, 0) is 47.3 Å². The number of rotatable bonds is 5. The highest BCUT2D eigenvalue weighted by molar-refractivity contribution is 9.10. The Morgan fingerprint density at radius 1 is 1.40 bits per heavy atom. The molecular weight excluding hydrogens is 360 g/mol. The normalized spacial score (nSPS) is 12.2. The first-order valence-corrected chi connectivity index (χ1v) is 9.17. The summed E-state index contributed by atoms with van der Waals surface area (Å²) >= 11 is 4.81. The molecule has 0 saturated heterocycles. The van der Waals surface area contributed by atoms with Gasteiger partial charge in [0.15, 0.2) is 0 Å². The van der Waals surface area contributed by atoms with Crippen LogP contribution in [0.15, 0.2) is 45.3 Å². The van der Waals surface area contributed by atoms with Crippen LogP contribution in [0.2, 0.25) is 0 Å². The van der Waals surface area contributed by atoms with Crippen LogP contribution in [0, 0.1) is 0 Å². The molecule has 0 bridgehead atoms. The third-order valence-corrected chi connectivity index (χ3v) is 6.04. The van der Waals surface area contributed by atoms with Crippen molar-refractivity contribution in [3.63, 3.8) is 0 Å². The first-order valence-electron chi connectivity index (χ1n) is 6.06. The zero-order valence-electron chi connectivity index (χ0n) is 11.2. The van der Waals surface area contributed by atoms with Crippen molar-refractivity contribution in [3.05, 3.63) is 45.3 Å². The molecule has 0 aliphatic carbocycles. The van der Waals surface area contributed by atoms with Crippen molar-refractivity contribution in [1.82, 2.24) is 9.29 Å². The lowest BCUT2D eigenvalue weighted by atomic mass is 10.4. The van der Waals surface area contributed by atoms with Gasteiger partial charge < -0.3 is 0 Å². The molecule has 20 heavy (non-hydrogen) atoms. The van der Waals surface area contributed by atoms with E-state index in [9.17, 15) is 8.42 Å². The Labute approximate surface area is 131 Å². The van der Waals surface area contributed by atoms with Crippen LogP contribution in [0.25, 0.3) is 0 Å². The molecule has 0 atom stereocenters. The molecular formula is C13H15BrN2O2S2. The van der Waals surface area contributed by atoms with Crippen LogP contribution >= 0.6 is 27.3 Å². The second-order valence-electron chi connectivity index (χ2n) is 4.56. The average molecular weight is 375 g/mol. The van der Waals surface area contributed by atoms with Gasteiger partial charge >= 0.3 is 0 Å². The van der Waals surface area contributed by atoms with Crippen molar-refractivity contribution >= 4 is 37.3 Å². The van der Waals surface area contributed by atoms with Gasteiger partial charge in [0.25, 0.3) is 0 Å². The first kappa shape index (κ1) is 15.6. The summed E-state index contributed by atoms with van der Waals surface area (Å²) in [7, 11) is -3.55. The van der Waals surface area contributed by atoms with Crippen molar-refractivity contribution in [3.8, 4) is 0 Å². The van der Waals surface area contributed by atoms with Crippen molar-refractivity contribution in [2.45, 2.75) is 31.3 Å². The van der Waals surface area contributed by atoms with E-state index < -0.39 is 10.0 Å². The number of thiophene rings is 1. The molecule has 0 spiro atoms. The van der Waals surface area contributed by atoms with E-state index in [1.54, 1.807) is 23.6 Å². The molecule has 108 valence electrons. The van der Waals surface area contributed by atoms with Gasteiger partial charge in [-0.15, -0.1) is 11.3 Å². The standard InChI is InChI=1S/C13H15BrN2O2S2/c1-10(2)16(9-12-4-3-5-19-12)20(17,18)13-6-11(14)7-15-8-13/h3-8,10H,9H2,1-2H3. The second kappa shape index (κ2) is 6.34. The van der Waals surface area contributed by atoms with Crippen LogP contribution in [0.5, 0.6) is 0 Å². The maximum absolute atomic E-state index is 12.7. The zero-order valence-corrected chi connectivity index (χ0v) is 14.4. The number of sulfonamides is 1. The summed E-state index contributed by atoms with van der Waals surface area (Å²) in [6, 6.07) is 5.31. The molecule has 0 aromatic carbocycles. The smallest absolute Gasteiger partial charge is 0.245 e. The topological polar surface area (TPSA) is 50.3 Å². The lowest BCUT2D eigenvalue weighted by Gasteiger charge is -2.25. The van der Waals surface area contributed by atoms with Crippen LogP contribution in [-0.2, 0) is 16.6 Å². The summed E-state index contributed by atoms with van der Waals surface area (Å²) in [5.41, 5.74) is 0. The predicted molar refractivity (Wildman–Crippen MR) is 84.1 cm³/mol. The van der Waals surface area contributed by atoms with Gasteiger partial charge in [0.2, 0.25) is 10.0 Å². The molecule has 0 amide bonds. The summed E-state index contributed by atoms with van der Waals surface area (Å²) < 4.78 is 27.6. The Hall–Kier alpha value is -0.760. The summed E-state index contributed by atoms with van der Waals surface area (Å²) in [6.45, 7) is 4.12. The maximum Gasteiger partial charge on any atom is 0.245 e. The highest BCUT2D eigenvalue weighted by Gasteiger charge is 2.27. The monoisotopic (exact) mass is 374 g/mol. The third-order valence-electron chi connectivity index (χ3n) is 2.75. The summed E-state index contributed by atoms with van der Waals surface area (Å²) in [5, 5.41) is 1.95. The number of nitrogens with zero attached hydrogens (tertiary/aromatic N) is 2. The Balaban J connectivity index is 2.37. The van der Waals surface area contributed by atoms with Gasteiger partial charge in [0, 0.05) is 34.3 Å². The Bertz CT molecular complexity index is 669. The molecule has 0 radical (unpaired) electrons. The molecule has 2 aromatic heterocycles. The van der Waals surface area contributed by atoms with Gasteiger partial charge in [-0.3, -0.25) is 4.98 Å². The Morgan fingerprint density at radius 2 is 2.15 bits per heavy atom. The molecule has 2 rings (SSSR count). The fourth-order valence-electron chi connectivity index (χ4n) is 1.77. The Morgan fingerprint density at radius 3 is 2.70 bits per heavy atom. The maximum atomic E-state index is 12.7. The molecule has 2 heterocycles. The highest BCUT2D eigenvalue weighted by atomic mass is 79.9. The molecule has 2 aromatic rings. The van der Waals surface area contributed by atoms with Crippen LogP contribution in [0.4, 0.5) is 0 Å². The fraction of sp³-hybridized carbons (Fsp3) is 0.308. The molecule has 4 nitrogen and oxygen atoms in total. The molecule has 0 fully saturated rings. The Kier molecular flexibility index (Phi) is 4.95. The molecule has 7 heteroatoms. The van der Waals surface area contributed by atoms with Crippen molar-refractivity contribution in [1.29, 1.82) is 0 Å². The fourth-order valence-corrected chi connectivity index (χ4v) is 4.68. The minimum atomic E-state index is -3.55. The lowest BCUT2D eigenvalue weighted by Crippen LogP contribution is -2.36. The van der Waals surface area contributed by atoms with Gasteiger partial charge in [-0.1, -0.05) is 6.07 Å². The van der Waals surface area contributed by atoms with E-state index in [4.69, 9.17) is 0 Å². The van der Waals surface area contributed by atoms with Crippen molar-refractivity contribution < 1.29 is 8.42 Å². The van der Waals surface area contributed by atoms with Crippen LogP contribution < -0.4 is 0 Å². The minimum absolute atomic E-state index is 0.124. The van der Waals surface area contributed by atoms with E-state index in [1.807, 2.05) is 31.4 Å². The molecule has 0 saturated carbocycles. The first-order chi connectivity index (χ1) is 9.41. The van der Waals surface area contributed by atoms with Crippen LogP contribution in [0.1, 0.15) is 18.7 Å². The predicted octanol–water partition coefficient (Wildman–Crippen LogP) is 3.50. The van der Waals surface area contributed by atoms with E-state index in [1.165, 1.54) is 10.5 Å². The van der Waals surface area contributed by atoms with E-state index in [0.717, 1.165) is 4.88 Å². The zero-order chi connectivity index (χ0) is 14.8. The third kappa shape index (κ3) is 3.46. The summed E-state index contributed by atoms with van der Waals surface area (Å²) in [4.78, 5) is 5.16. The van der Waals surface area contributed by atoms with E-state index >= 15 is 0 Å². The molecule has 0 aliphatic heterocycles. The van der Waals surface area contributed by atoms with Gasteiger partial charge in [-0.2, -0.15) is 4.31 Å². The van der Waals surface area contributed by atoms with Gasteiger partial charge in [-0.25, -0.2) is 8.42 Å². The summed E-state index contributed by atoms with van der Waals surface area (Å²) in [6.07, 6.45) is 2.95. The lowest BCUT2D eigenvalue weighted by molar-refractivity contribution is 0.350.